The smallest absolute Gasteiger partial charge is 0.276 e. The molecule has 3 N–H and O–H groups in total. The molecule has 0 unspecified atom stereocenters. The molecule has 0 radical (unpaired) electrons. The number of anilines is 1. The van der Waals surface area contributed by atoms with Gasteiger partial charge in [0.15, 0.2) is 5.69 Å². The Kier molecular flexibility index (Phi) is 4.29. The summed E-state index contributed by atoms with van der Waals surface area (Å²) in [6.07, 6.45) is 0.313. The van der Waals surface area contributed by atoms with Crippen molar-refractivity contribution < 1.29 is 9.59 Å². The van der Waals surface area contributed by atoms with Crippen molar-refractivity contribution in [2.75, 3.05) is 12.4 Å². The molecule has 2 amide bonds. The predicted molar refractivity (Wildman–Crippen MR) is 93.0 cm³/mol. The summed E-state index contributed by atoms with van der Waals surface area (Å²) in [5.74, 6) is -0.323. The molecule has 0 fully saturated rings. The van der Waals surface area contributed by atoms with Crippen LogP contribution in [0.4, 0.5) is 5.69 Å². The molecule has 0 atom stereocenters. The second kappa shape index (κ2) is 6.54. The van der Waals surface area contributed by atoms with Gasteiger partial charge in [0.25, 0.3) is 5.91 Å². The van der Waals surface area contributed by atoms with Gasteiger partial charge in [-0.3, -0.25) is 14.7 Å². The number of nitrogens with one attached hydrogen (secondary N) is 3. The third-order valence-electron chi connectivity index (χ3n) is 3.79. The Labute approximate surface area is 139 Å². The molecule has 0 saturated heterocycles. The van der Waals surface area contributed by atoms with Crippen LogP contribution in [0, 0.1) is 6.92 Å². The number of rotatable bonds is 4. The van der Waals surface area contributed by atoms with Crippen LogP contribution < -0.4 is 10.6 Å². The molecule has 0 aliphatic carbocycles. The van der Waals surface area contributed by atoms with Gasteiger partial charge in [0.05, 0.1) is 11.9 Å². The minimum absolute atomic E-state index is 0.0508. The number of fused-ring (bicyclic) bond motifs is 1. The van der Waals surface area contributed by atoms with Crippen molar-refractivity contribution >= 4 is 28.4 Å². The normalized spacial score (nSPS) is 10.6. The van der Waals surface area contributed by atoms with Crippen LogP contribution in [0.15, 0.2) is 42.5 Å². The molecule has 1 heterocycles. The first-order chi connectivity index (χ1) is 11.6. The Balaban J connectivity index is 1.76. The van der Waals surface area contributed by atoms with Crippen molar-refractivity contribution in [3.8, 4) is 0 Å². The first kappa shape index (κ1) is 15.7. The molecule has 0 aliphatic heterocycles. The van der Waals surface area contributed by atoms with E-state index in [1.165, 1.54) is 0 Å². The van der Waals surface area contributed by atoms with E-state index in [1.807, 2.05) is 37.3 Å². The highest BCUT2D eigenvalue weighted by Crippen LogP contribution is 2.19. The lowest BCUT2D eigenvalue weighted by Gasteiger charge is -2.05. The van der Waals surface area contributed by atoms with E-state index in [1.54, 1.807) is 19.2 Å². The third-order valence-corrected chi connectivity index (χ3v) is 3.79. The van der Waals surface area contributed by atoms with Gasteiger partial charge in [-0.15, -0.1) is 0 Å². The van der Waals surface area contributed by atoms with Gasteiger partial charge >= 0.3 is 0 Å². The summed E-state index contributed by atoms with van der Waals surface area (Å²) in [7, 11) is 1.60. The van der Waals surface area contributed by atoms with Crippen LogP contribution in [0.1, 0.15) is 21.6 Å². The summed E-state index contributed by atoms with van der Waals surface area (Å²) in [5, 5.41) is 13.2. The van der Waals surface area contributed by atoms with Gasteiger partial charge < -0.3 is 10.6 Å². The number of hydrogen-bond acceptors (Lipinski definition) is 3. The molecule has 6 nitrogen and oxygen atoms in total. The average molecular weight is 322 g/mol. The number of benzene rings is 2. The Bertz CT molecular complexity index is 897. The molecule has 0 bridgehead atoms. The molecule has 0 spiro atoms. The van der Waals surface area contributed by atoms with E-state index in [0.717, 1.165) is 22.0 Å². The van der Waals surface area contributed by atoms with Gasteiger partial charge in [0.1, 0.15) is 0 Å². The third kappa shape index (κ3) is 3.27. The van der Waals surface area contributed by atoms with E-state index in [9.17, 15) is 9.59 Å². The molecule has 3 aromatic rings. The maximum atomic E-state index is 12.5. The predicted octanol–water partition coefficient (Wildman–Crippen LogP) is 2.41. The Morgan fingerprint density at radius 2 is 1.88 bits per heavy atom. The van der Waals surface area contributed by atoms with Crippen LogP contribution >= 0.6 is 0 Å². The minimum atomic E-state index is -0.272. The van der Waals surface area contributed by atoms with E-state index in [-0.39, 0.29) is 11.8 Å². The lowest BCUT2D eigenvalue weighted by atomic mass is 10.1. The second-order valence-corrected chi connectivity index (χ2v) is 5.62. The monoisotopic (exact) mass is 322 g/mol. The number of likely N-dealkylation sites (N-methyl/N-ethyl adjacent to an activating group) is 1. The summed E-state index contributed by atoms with van der Waals surface area (Å²) in [6.45, 7) is 1.97. The van der Waals surface area contributed by atoms with Crippen molar-refractivity contribution in [1.29, 1.82) is 0 Å². The molecule has 1 aromatic heterocycles. The number of nitrogens with zero attached hydrogens (tertiary/aromatic N) is 1. The van der Waals surface area contributed by atoms with Crippen LogP contribution in [0.25, 0.3) is 10.9 Å². The number of hydrogen-bond donors (Lipinski definition) is 3. The van der Waals surface area contributed by atoms with Gasteiger partial charge in [-0.05, 0) is 36.8 Å². The van der Waals surface area contributed by atoms with Gasteiger partial charge in [-0.2, -0.15) is 5.10 Å². The first-order valence-corrected chi connectivity index (χ1v) is 7.62. The molecular formula is C18H18N4O2. The quantitative estimate of drug-likeness (QED) is 0.689. The van der Waals surface area contributed by atoms with E-state index in [4.69, 9.17) is 0 Å². The maximum absolute atomic E-state index is 12.5. The van der Waals surface area contributed by atoms with Crippen molar-refractivity contribution in [2.24, 2.45) is 0 Å². The summed E-state index contributed by atoms with van der Waals surface area (Å²) >= 11 is 0. The van der Waals surface area contributed by atoms with Crippen molar-refractivity contribution in [3.63, 3.8) is 0 Å². The SMILES string of the molecule is CNC(=O)Cc1ccc(NC(=O)c2n[nH]c3ccc(C)cc23)cc1. The van der Waals surface area contributed by atoms with E-state index < -0.39 is 0 Å². The van der Waals surface area contributed by atoms with Gasteiger partial charge in [0, 0.05) is 18.1 Å². The number of H-pyrrole nitrogens is 1. The number of carbonyl (C=O) groups is 2. The molecule has 3 rings (SSSR count). The maximum Gasteiger partial charge on any atom is 0.276 e. The second-order valence-electron chi connectivity index (χ2n) is 5.62. The molecule has 24 heavy (non-hydrogen) atoms. The number of aryl methyl sites for hydroxylation is 1. The summed E-state index contributed by atoms with van der Waals surface area (Å²) in [5.41, 5.74) is 3.80. The Morgan fingerprint density at radius 1 is 1.12 bits per heavy atom. The van der Waals surface area contributed by atoms with Gasteiger partial charge in [-0.1, -0.05) is 23.8 Å². The largest absolute Gasteiger partial charge is 0.359 e. The zero-order valence-electron chi connectivity index (χ0n) is 13.5. The van der Waals surface area contributed by atoms with Crippen molar-refractivity contribution in [1.82, 2.24) is 15.5 Å². The first-order valence-electron chi connectivity index (χ1n) is 7.62. The lowest BCUT2D eigenvalue weighted by Crippen LogP contribution is -2.19. The summed E-state index contributed by atoms with van der Waals surface area (Å²) in [6, 6.07) is 13.0. The number of aromatic nitrogens is 2. The van der Waals surface area contributed by atoms with E-state index in [0.29, 0.717) is 17.8 Å². The standard InChI is InChI=1S/C18H18N4O2/c1-11-3-8-15-14(9-11)17(22-21-15)18(24)20-13-6-4-12(5-7-13)10-16(23)19-2/h3-9H,10H2,1-2H3,(H,19,23)(H,20,24)(H,21,22). The molecular weight excluding hydrogens is 304 g/mol. The summed E-state index contributed by atoms with van der Waals surface area (Å²) < 4.78 is 0. The number of aromatic amines is 1. The van der Waals surface area contributed by atoms with Crippen LogP contribution in [0.2, 0.25) is 0 Å². The van der Waals surface area contributed by atoms with E-state index in [2.05, 4.69) is 20.8 Å². The van der Waals surface area contributed by atoms with Crippen LogP contribution in [0.3, 0.4) is 0 Å². The zero-order valence-corrected chi connectivity index (χ0v) is 13.5. The molecule has 6 heteroatoms. The topological polar surface area (TPSA) is 86.9 Å². The molecule has 0 saturated carbocycles. The van der Waals surface area contributed by atoms with Crippen LogP contribution in [-0.4, -0.2) is 29.1 Å². The Hall–Kier alpha value is -3.15. The van der Waals surface area contributed by atoms with E-state index >= 15 is 0 Å². The fourth-order valence-electron chi connectivity index (χ4n) is 2.47. The van der Waals surface area contributed by atoms with Crippen molar-refractivity contribution in [2.45, 2.75) is 13.3 Å². The molecule has 0 aliphatic rings. The highest BCUT2D eigenvalue weighted by Gasteiger charge is 2.14. The number of amides is 2. The van der Waals surface area contributed by atoms with Crippen LogP contribution in [-0.2, 0) is 11.2 Å². The molecule has 122 valence electrons. The summed E-state index contributed by atoms with van der Waals surface area (Å²) in [4.78, 5) is 23.8. The van der Waals surface area contributed by atoms with Gasteiger partial charge in [-0.25, -0.2) is 0 Å². The number of carbonyl (C=O) groups excluding carboxylic acids is 2. The lowest BCUT2D eigenvalue weighted by molar-refractivity contribution is -0.119. The highest BCUT2D eigenvalue weighted by atomic mass is 16.2. The zero-order chi connectivity index (χ0) is 17.1. The fraction of sp³-hybridized carbons (Fsp3) is 0.167. The Morgan fingerprint density at radius 3 is 2.58 bits per heavy atom. The average Bonchev–Trinajstić information content (AvgIpc) is 2.99. The fourth-order valence-corrected chi connectivity index (χ4v) is 2.47. The van der Waals surface area contributed by atoms with Crippen LogP contribution in [0.5, 0.6) is 0 Å². The minimum Gasteiger partial charge on any atom is -0.359 e. The molecule has 2 aromatic carbocycles. The van der Waals surface area contributed by atoms with Crippen molar-refractivity contribution in [3.05, 3.63) is 59.3 Å². The van der Waals surface area contributed by atoms with Gasteiger partial charge in [0.2, 0.25) is 5.91 Å². The highest BCUT2D eigenvalue weighted by molar-refractivity contribution is 6.11.